The molecule has 1 unspecified atom stereocenters. The fourth-order valence-electron chi connectivity index (χ4n) is 3.12. The molecule has 1 heterocycles. The van der Waals surface area contributed by atoms with E-state index in [1.807, 2.05) is 6.92 Å². The van der Waals surface area contributed by atoms with E-state index in [2.05, 4.69) is 5.32 Å². The van der Waals surface area contributed by atoms with E-state index in [0.29, 0.717) is 5.56 Å². The maximum Gasteiger partial charge on any atom is 0.416 e. The van der Waals surface area contributed by atoms with E-state index in [1.54, 1.807) is 12.1 Å². The number of hydrogen-bond donors (Lipinski definition) is 1. The smallest absolute Gasteiger partial charge is 0.307 e. The van der Waals surface area contributed by atoms with Crippen molar-refractivity contribution in [2.45, 2.75) is 50.7 Å². The van der Waals surface area contributed by atoms with Crippen LogP contribution in [0.3, 0.4) is 0 Å². The van der Waals surface area contributed by atoms with Crippen molar-refractivity contribution in [2.24, 2.45) is 0 Å². The lowest BCUT2D eigenvalue weighted by Crippen LogP contribution is -2.46. The summed E-state index contributed by atoms with van der Waals surface area (Å²) in [5.41, 5.74) is -0.569. The summed E-state index contributed by atoms with van der Waals surface area (Å²) in [6.45, 7) is 2.82. The lowest BCUT2D eigenvalue weighted by Gasteiger charge is -2.40. The van der Waals surface area contributed by atoms with Crippen molar-refractivity contribution in [3.05, 3.63) is 35.4 Å². The van der Waals surface area contributed by atoms with Gasteiger partial charge in [0, 0.05) is 5.54 Å². The lowest BCUT2D eigenvalue weighted by atomic mass is 9.77. The summed E-state index contributed by atoms with van der Waals surface area (Å²) in [6.07, 6.45) is 0.155. The predicted molar refractivity (Wildman–Crippen MR) is 69.9 cm³/mol. The van der Waals surface area contributed by atoms with Crippen LogP contribution in [0, 0.1) is 0 Å². The van der Waals surface area contributed by atoms with Crippen molar-refractivity contribution in [3.8, 4) is 0 Å². The molecule has 0 aromatic heterocycles. The first kappa shape index (κ1) is 14.4. The highest BCUT2D eigenvalue weighted by Gasteiger charge is 2.41. The number of piperidine rings is 1. The Morgan fingerprint density at radius 3 is 2.53 bits per heavy atom. The van der Waals surface area contributed by atoms with Crippen molar-refractivity contribution in [2.75, 3.05) is 6.54 Å². The van der Waals surface area contributed by atoms with E-state index in [1.165, 1.54) is 12.1 Å². The van der Waals surface area contributed by atoms with Crippen LogP contribution >= 0.6 is 0 Å². The second kappa shape index (κ2) is 5.53. The van der Waals surface area contributed by atoms with Gasteiger partial charge in [-0.3, -0.25) is 0 Å². The van der Waals surface area contributed by atoms with E-state index in [0.717, 1.165) is 38.6 Å². The Kier molecular flexibility index (Phi) is 4.19. The Morgan fingerprint density at radius 2 is 1.95 bits per heavy atom. The van der Waals surface area contributed by atoms with Gasteiger partial charge in [-0.25, -0.2) is 0 Å². The first-order valence-electron chi connectivity index (χ1n) is 6.91. The minimum Gasteiger partial charge on any atom is -0.307 e. The minimum absolute atomic E-state index is 0.420. The molecule has 1 nitrogen and oxygen atoms in total. The molecule has 1 aliphatic rings. The van der Waals surface area contributed by atoms with E-state index in [4.69, 9.17) is 0 Å². The van der Waals surface area contributed by atoms with Gasteiger partial charge in [0.1, 0.15) is 0 Å². The molecule has 1 atom stereocenters. The first-order valence-corrected chi connectivity index (χ1v) is 6.91. The number of hydrogen-bond acceptors (Lipinski definition) is 1. The van der Waals surface area contributed by atoms with Gasteiger partial charge in [-0.1, -0.05) is 38.0 Å². The molecule has 0 spiro atoms. The number of rotatable bonds is 3. The summed E-state index contributed by atoms with van der Waals surface area (Å²) >= 11 is 0. The lowest BCUT2D eigenvalue weighted by molar-refractivity contribution is -0.139. The van der Waals surface area contributed by atoms with Gasteiger partial charge in [-0.05, 0) is 37.4 Å². The Labute approximate surface area is 112 Å². The SMILES string of the molecule is CCCC1(c2ccccc2C(F)(F)F)CCCCN1. The molecule has 1 aromatic carbocycles. The highest BCUT2D eigenvalue weighted by Crippen LogP contribution is 2.42. The molecule has 0 saturated carbocycles. The summed E-state index contributed by atoms with van der Waals surface area (Å²) in [5, 5.41) is 3.36. The van der Waals surface area contributed by atoms with E-state index >= 15 is 0 Å². The van der Waals surface area contributed by atoms with Gasteiger partial charge in [0.2, 0.25) is 0 Å². The molecule has 19 heavy (non-hydrogen) atoms. The van der Waals surface area contributed by atoms with Crippen LogP contribution in [-0.2, 0) is 11.7 Å². The number of benzene rings is 1. The van der Waals surface area contributed by atoms with Gasteiger partial charge >= 0.3 is 6.18 Å². The van der Waals surface area contributed by atoms with E-state index in [9.17, 15) is 13.2 Å². The predicted octanol–water partition coefficient (Wildman–Crippen LogP) is 4.47. The van der Waals surface area contributed by atoms with E-state index in [-0.39, 0.29) is 0 Å². The zero-order valence-corrected chi connectivity index (χ0v) is 11.2. The molecular weight excluding hydrogens is 251 g/mol. The zero-order valence-electron chi connectivity index (χ0n) is 11.2. The van der Waals surface area contributed by atoms with Gasteiger partial charge in [0.15, 0.2) is 0 Å². The molecule has 0 amide bonds. The van der Waals surface area contributed by atoms with Crippen LogP contribution in [0.5, 0.6) is 0 Å². The van der Waals surface area contributed by atoms with E-state index < -0.39 is 17.3 Å². The zero-order chi connectivity index (χ0) is 13.9. The summed E-state index contributed by atoms with van der Waals surface area (Å²) in [5.74, 6) is 0. The molecule has 1 N–H and O–H groups in total. The molecule has 4 heteroatoms. The Hall–Kier alpha value is -1.03. The largest absolute Gasteiger partial charge is 0.416 e. The maximum atomic E-state index is 13.2. The molecule has 1 aromatic rings. The fraction of sp³-hybridized carbons (Fsp3) is 0.600. The highest BCUT2D eigenvalue weighted by molar-refractivity contribution is 5.36. The Bertz CT molecular complexity index is 414. The molecular formula is C15H20F3N. The highest BCUT2D eigenvalue weighted by atomic mass is 19.4. The number of nitrogens with one attached hydrogen (secondary N) is 1. The molecule has 106 valence electrons. The normalized spacial score (nSPS) is 24.4. The summed E-state index contributed by atoms with van der Waals surface area (Å²) in [4.78, 5) is 0. The standard InChI is InChI=1S/C15H20F3N/c1-2-9-14(10-5-6-11-19-14)12-7-3-4-8-13(12)15(16,17)18/h3-4,7-8,19H,2,5-6,9-11H2,1H3. The van der Waals surface area contributed by atoms with Crippen molar-refractivity contribution < 1.29 is 13.2 Å². The summed E-state index contributed by atoms with van der Waals surface area (Å²) in [6, 6.07) is 6.01. The second-order valence-electron chi connectivity index (χ2n) is 5.26. The van der Waals surface area contributed by atoms with Crippen molar-refractivity contribution in [1.82, 2.24) is 5.32 Å². The molecule has 0 aliphatic carbocycles. The monoisotopic (exact) mass is 271 g/mol. The third kappa shape index (κ3) is 2.94. The minimum atomic E-state index is -4.28. The van der Waals surface area contributed by atoms with Crippen LogP contribution in [0.1, 0.15) is 50.2 Å². The molecule has 0 bridgehead atoms. The number of halogens is 3. The van der Waals surface area contributed by atoms with Crippen LogP contribution in [-0.4, -0.2) is 6.54 Å². The molecule has 1 saturated heterocycles. The van der Waals surface area contributed by atoms with Gasteiger partial charge in [-0.2, -0.15) is 13.2 Å². The molecule has 0 radical (unpaired) electrons. The van der Waals surface area contributed by atoms with Gasteiger partial charge in [0.05, 0.1) is 5.56 Å². The number of alkyl halides is 3. The fourth-order valence-corrected chi connectivity index (χ4v) is 3.12. The average Bonchev–Trinajstić information content (AvgIpc) is 2.39. The Balaban J connectivity index is 2.47. The van der Waals surface area contributed by atoms with Crippen LogP contribution in [0.2, 0.25) is 0 Å². The molecule has 1 fully saturated rings. The average molecular weight is 271 g/mol. The van der Waals surface area contributed by atoms with Crippen molar-refractivity contribution >= 4 is 0 Å². The van der Waals surface area contributed by atoms with Crippen LogP contribution < -0.4 is 5.32 Å². The molecule has 2 rings (SSSR count). The van der Waals surface area contributed by atoms with Crippen LogP contribution in [0.15, 0.2) is 24.3 Å². The summed E-state index contributed by atoms with van der Waals surface area (Å²) in [7, 11) is 0. The van der Waals surface area contributed by atoms with Gasteiger partial charge in [-0.15, -0.1) is 0 Å². The van der Waals surface area contributed by atoms with Crippen molar-refractivity contribution in [1.29, 1.82) is 0 Å². The second-order valence-corrected chi connectivity index (χ2v) is 5.26. The Morgan fingerprint density at radius 1 is 1.21 bits per heavy atom. The summed E-state index contributed by atoms with van der Waals surface area (Å²) < 4.78 is 39.6. The third-order valence-corrected chi connectivity index (χ3v) is 3.92. The van der Waals surface area contributed by atoms with Gasteiger partial charge < -0.3 is 5.32 Å². The van der Waals surface area contributed by atoms with Crippen LogP contribution in [0.4, 0.5) is 13.2 Å². The molecule has 1 aliphatic heterocycles. The third-order valence-electron chi connectivity index (χ3n) is 3.92. The first-order chi connectivity index (χ1) is 8.99. The van der Waals surface area contributed by atoms with Crippen LogP contribution in [0.25, 0.3) is 0 Å². The maximum absolute atomic E-state index is 13.2. The van der Waals surface area contributed by atoms with Gasteiger partial charge in [0.25, 0.3) is 0 Å². The topological polar surface area (TPSA) is 12.0 Å². The quantitative estimate of drug-likeness (QED) is 0.855. The van der Waals surface area contributed by atoms with Crippen molar-refractivity contribution in [3.63, 3.8) is 0 Å².